The summed E-state index contributed by atoms with van der Waals surface area (Å²) in [6.45, 7) is 2.38. The first kappa shape index (κ1) is 39.5. The first-order valence-corrected chi connectivity index (χ1v) is 17.8. The highest BCUT2D eigenvalue weighted by Crippen LogP contribution is 2.39. The van der Waals surface area contributed by atoms with Gasteiger partial charge in [0.25, 0.3) is 0 Å². The molecule has 3 heterocycles. The molecule has 6 nitrogen and oxygen atoms in total. The minimum atomic E-state index is 0. The number of carbonyl (C=O) groups is 1. The monoisotopic (exact) mass is 754 g/mol. The summed E-state index contributed by atoms with van der Waals surface area (Å²) in [6, 6.07) is 22.7. The Bertz CT molecular complexity index is 1900. The number of pyridine rings is 2. The van der Waals surface area contributed by atoms with E-state index in [9.17, 15) is 4.79 Å². The van der Waals surface area contributed by atoms with Gasteiger partial charge in [0, 0.05) is 57.8 Å². The molecule has 3 aromatic carbocycles. The number of anilines is 1. The van der Waals surface area contributed by atoms with Crippen LogP contribution in [0.5, 0.6) is 5.75 Å². The van der Waals surface area contributed by atoms with Crippen LogP contribution in [0.15, 0.2) is 66.7 Å². The number of ether oxygens (including phenoxy) is 1. The van der Waals surface area contributed by atoms with Crippen LogP contribution in [-0.2, 0) is 30.5 Å². The minimum absolute atomic E-state index is 0. The second-order valence-corrected chi connectivity index (χ2v) is 13.3. The average Bonchev–Trinajstić information content (AvgIpc) is 3.11. The van der Waals surface area contributed by atoms with E-state index >= 15 is 0 Å². The summed E-state index contributed by atoms with van der Waals surface area (Å²) in [5, 5.41) is 9.83. The predicted octanol–water partition coefficient (Wildman–Crippen LogP) is 10.3. The molecule has 0 fully saturated rings. The van der Waals surface area contributed by atoms with Crippen molar-refractivity contribution in [2.75, 3.05) is 25.0 Å². The number of hydrogen-bond acceptors (Lipinski definition) is 5. The molecule has 1 aliphatic carbocycles. The van der Waals surface area contributed by atoms with Crippen LogP contribution in [0.1, 0.15) is 73.8 Å². The number of aryl methyl sites for hydroxylation is 2. The normalized spacial score (nSPS) is 13.1. The van der Waals surface area contributed by atoms with Gasteiger partial charge in [-0.2, -0.15) is 0 Å². The number of hydrogen-bond donors (Lipinski definition) is 2. The van der Waals surface area contributed by atoms with Gasteiger partial charge in [-0.15, -0.1) is 37.2 Å². The molecule has 7 rings (SSSR count). The third kappa shape index (κ3) is 9.13. The van der Waals surface area contributed by atoms with Gasteiger partial charge in [0.2, 0.25) is 5.91 Å². The summed E-state index contributed by atoms with van der Waals surface area (Å²) in [7, 11) is 0. The molecule has 2 N–H and O–H groups in total. The smallest absolute Gasteiger partial charge is 0.220 e. The number of amides is 1. The van der Waals surface area contributed by atoms with E-state index in [2.05, 4.69) is 59.2 Å². The topological polar surface area (TPSA) is 76.1 Å². The lowest BCUT2D eigenvalue weighted by Gasteiger charge is -2.22. The Morgan fingerprint density at radius 2 is 1.54 bits per heavy atom. The highest BCUT2D eigenvalue weighted by Gasteiger charge is 2.21. The van der Waals surface area contributed by atoms with Crippen LogP contribution in [0.4, 0.5) is 5.69 Å². The lowest BCUT2D eigenvalue weighted by atomic mass is 9.92. The van der Waals surface area contributed by atoms with Crippen molar-refractivity contribution in [1.82, 2.24) is 15.3 Å². The van der Waals surface area contributed by atoms with Crippen molar-refractivity contribution in [2.24, 2.45) is 0 Å². The largest absolute Gasteiger partial charge is 0.493 e. The van der Waals surface area contributed by atoms with Crippen molar-refractivity contribution in [1.29, 1.82) is 0 Å². The molecule has 2 aromatic heterocycles. The number of nitrogens with one attached hydrogen (secondary N) is 2. The van der Waals surface area contributed by atoms with Crippen molar-refractivity contribution >= 4 is 82.2 Å². The van der Waals surface area contributed by atoms with Crippen LogP contribution < -0.4 is 15.4 Å². The van der Waals surface area contributed by atoms with E-state index in [0.29, 0.717) is 12.8 Å². The van der Waals surface area contributed by atoms with Crippen molar-refractivity contribution in [3.63, 3.8) is 0 Å². The molecule has 0 spiro atoms. The summed E-state index contributed by atoms with van der Waals surface area (Å²) in [5.41, 5.74) is 10.3. The molecule has 0 atom stereocenters. The summed E-state index contributed by atoms with van der Waals surface area (Å²) >= 11 is 6.27. The van der Waals surface area contributed by atoms with Gasteiger partial charge >= 0.3 is 0 Å². The second-order valence-electron chi connectivity index (χ2n) is 12.9. The number of aromatic nitrogens is 2. The maximum absolute atomic E-state index is 12.7. The SMILES string of the molecule is Cl.Cl.Cl.O=C(CCc1ccc2nc(-c3ccccc3)c3c(c2c1)OCCC3)NCCCCCCNc1c2c(nc3cc(Cl)ccc13)CCCC2. The number of carbonyl (C=O) groups excluding carboxylic acids is 1. The first-order valence-electron chi connectivity index (χ1n) is 17.4. The number of fused-ring (bicyclic) bond motifs is 5. The Balaban J connectivity index is 0.00000187. The molecule has 10 heteroatoms. The van der Waals surface area contributed by atoms with Gasteiger partial charge in [0.1, 0.15) is 5.75 Å². The molecule has 0 saturated carbocycles. The van der Waals surface area contributed by atoms with Crippen LogP contribution in [0, 0.1) is 0 Å². The summed E-state index contributed by atoms with van der Waals surface area (Å²) in [5.74, 6) is 1.07. The van der Waals surface area contributed by atoms with Crippen molar-refractivity contribution in [3.05, 3.63) is 94.1 Å². The van der Waals surface area contributed by atoms with Crippen LogP contribution in [0.3, 0.4) is 0 Å². The van der Waals surface area contributed by atoms with Crippen LogP contribution in [-0.4, -0.2) is 35.6 Å². The quantitative estimate of drug-likeness (QED) is 0.124. The van der Waals surface area contributed by atoms with E-state index in [0.717, 1.165) is 115 Å². The number of unbranched alkanes of at least 4 members (excludes halogenated alkanes) is 3. The molecule has 0 bridgehead atoms. The van der Waals surface area contributed by atoms with E-state index in [4.69, 9.17) is 26.3 Å². The Hall–Kier alpha value is -3.29. The summed E-state index contributed by atoms with van der Waals surface area (Å²) in [6.07, 6.45) is 12.0. The molecule has 0 saturated heterocycles. The molecule has 1 aliphatic heterocycles. The summed E-state index contributed by atoms with van der Waals surface area (Å²) < 4.78 is 6.22. The van der Waals surface area contributed by atoms with Gasteiger partial charge in [-0.05, 0) is 99.2 Å². The first-order chi connectivity index (χ1) is 23.1. The third-order valence-corrected chi connectivity index (χ3v) is 9.79. The number of halogens is 4. The second kappa shape index (κ2) is 18.8. The number of benzene rings is 3. The Morgan fingerprint density at radius 1 is 0.760 bits per heavy atom. The van der Waals surface area contributed by atoms with Crippen molar-refractivity contribution in [2.45, 2.75) is 77.0 Å². The van der Waals surface area contributed by atoms with Crippen molar-refractivity contribution < 1.29 is 9.53 Å². The van der Waals surface area contributed by atoms with Gasteiger partial charge in [0.05, 0.1) is 23.3 Å². The molecule has 0 unspecified atom stereocenters. The maximum Gasteiger partial charge on any atom is 0.220 e. The fourth-order valence-electron chi connectivity index (χ4n) is 7.12. The van der Waals surface area contributed by atoms with Gasteiger partial charge in [0.15, 0.2) is 0 Å². The third-order valence-electron chi connectivity index (χ3n) is 9.56. The Morgan fingerprint density at radius 3 is 2.38 bits per heavy atom. The van der Waals surface area contributed by atoms with Gasteiger partial charge in [-0.1, -0.05) is 60.8 Å². The van der Waals surface area contributed by atoms with E-state index in [-0.39, 0.29) is 43.1 Å². The Kier molecular flexibility index (Phi) is 14.9. The van der Waals surface area contributed by atoms with Crippen LogP contribution in [0.25, 0.3) is 33.1 Å². The number of rotatable bonds is 12. The molecule has 0 radical (unpaired) electrons. The lowest BCUT2D eigenvalue weighted by Crippen LogP contribution is -2.24. The van der Waals surface area contributed by atoms with Gasteiger partial charge in [-0.25, -0.2) is 4.98 Å². The van der Waals surface area contributed by atoms with Crippen LogP contribution in [0.2, 0.25) is 5.02 Å². The zero-order valence-corrected chi connectivity index (χ0v) is 31.5. The molecule has 266 valence electrons. The van der Waals surface area contributed by atoms with E-state index in [1.165, 1.54) is 40.7 Å². The lowest BCUT2D eigenvalue weighted by molar-refractivity contribution is -0.121. The minimum Gasteiger partial charge on any atom is -0.493 e. The highest BCUT2D eigenvalue weighted by atomic mass is 35.5. The average molecular weight is 757 g/mol. The molecule has 1 amide bonds. The standard InChI is InChI=1S/C40H43ClN4O2.3ClH/c41-29-18-19-31-36(26-29)44-34-15-7-6-13-30(34)39(31)43-23-9-2-1-8-22-42-37(46)21-17-27-16-20-35-33(25-27)40-32(14-10-24-47-40)38(45-35)28-11-4-3-5-12-28;;;/h3-5,11-12,16,18-20,25-26H,1-2,6-10,13-15,17,21-24H2,(H,42,46)(H,43,44);3*1H. The molecular weight excluding hydrogens is 710 g/mol. The fraction of sp³-hybridized carbons (Fsp3) is 0.375. The van der Waals surface area contributed by atoms with Crippen molar-refractivity contribution in [3.8, 4) is 17.0 Å². The zero-order valence-electron chi connectivity index (χ0n) is 28.3. The van der Waals surface area contributed by atoms with Gasteiger partial charge < -0.3 is 15.4 Å². The maximum atomic E-state index is 12.7. The highest BCUT2D eigenvalue weighted by molar-refractivity contribution is 6.31. The molecule has 5 aromatic rings. The zero-order chi connectivity index (χ0) is 32.0. The van der Waals surface area contributed by atoms with E-state index in [1.807, 2.05) is 18.2 Å². The molecule has 2 aliphatic rings. The predicted molar refractivity (Wildman–Crippen MR) is 214 cm³/mol. The fourth-order valence-corrected chi connectivity index (χ4v) is 7.29. The van der Waals surface area contributed by atoms with Gasteiger partial charge in [-0.3, -0.25) is 9.78 Å². The van der Waals surface area contributed by atoms with Crippen LogP contribution >= 0.6 is 48.8 Å². The number of nitrogens with zero attached hydrogens (tertiary/aromatic N) is 2. The summed E-state index contributed by atoms with van der Waals surface area (Å²) in [4.78, 5) is 22.7. The van der Waals surface area contributed by atoms with E-state index < -0.39 is 0 Å². The molecular formula is C40H46Cl4N4O2. The van der Waals surface area contributed by atoms with E-state index in [1.54, 1.807) is 0 Å². The Labute approximate surface area is 318 Å². The molecule has 50 heavy (non-hydrogen) atoms.